The lowest BCUT2D eigenvalue weighted by molar-refractivity contribution is -0.143. The van der Waals surface area contributed by atoms with Gasteiger partial charge in [0, 0.05) is 30.1 Å². The maximum absolute atomic E-state index is 12.8. The van der Waals surface area contributed by atoms with Gasteiger partial charge in [-0.05, 0) is 31.9 Å². The van der Waals surface area contributed by atoms with Gasteiger partial charge in [-0.15, -0.1) is 0 Å². The molecule has 1 aromatic heterocycles. The smallest absolute Gasteiger partial charge is 0.308 e. The van der Waals surface area contributed by atoms with Crippen molar-refractivity contribution < 1.29 is 14.7 Å². The number of carbonyl (C=O) groups excluding carboxylic acids is 1. The van der Waals surface area contributed by atoms with Crippen molar-refractivity contribution in [1.82, 2.24) is 20.1 Å². The number of hydrogen-bond donors (Lipinski definition) is 2. The van der Waals surface area contributed by atoms with Crippen LogP contribution < -0.4 is 0 Å². The molecule has 3 rings (SSSR count). The molecule has 7 nitrogen and oxygen atoms in total. The van der Waals surface area contributed by atoms with Crippen LogP contribution in [0.3, 0.4) is 0 Å². The van der Waals surface area contributed by atoms with Gasteiger partial charge in [-0.1, -0.05) is 19.1 Å². The van der Waals surface area contributed by atoms with E-state index in [4.69, 9.17) is 0 Å². The van der Waals surface area contributed by atoms with Crippen molar-refractivity contribution >= 4 is 11.9 Å². The van der Waals surface area contributed by atoms with Crippen molar-refractivity contribution in [2.24, 2.45) is 5.92 Å². The van der Waals surface area contributed by atoms with E-state index in [1.165, 1.54) is 0 Å². The van der Waals surface area contributed by atoms with Gasteiger partial charge < -0.3 is 10.0 Å². The normalized spacial score (nSPS) is 20.5. The lowest BCUT2D eigenvalue weighted by Crippen LogP contribution is -2.47. The van der Waals surface area contributed by atoms with Crippen molar-refractivity contribution in [2.75, 3.05) is 6.54 Å². The number of aryl methyl sites for hydroxylation is 1. The minimum Gasteiger partial charge on any atom is -0.481 e. The highest BCUT2D eigenvalue weighted by Gasteiger charge is 2.32. The predicted octanol–water partition coefficient (Wildman–Crippen LogP) is 2.36. The van der Waals surface area contributed by atoms with Gasteiger partial charge in [0.25, 0.3) is 5.91 Å². The van der Waals surface area contributed by atoms with Gasteiger partial charge in [0.1, 0.15) is 5.82 Å². The molecule has 2 aromatic rings. The first-order chi connectivity index (χ1) is 12.0. The zero-order valence-electron chi connectivity index (χ0n) is 14.4. The van der Waals surface area contributed by atoms with E-state index in [2.05, 4.69) is 15.2 Å². The Hall–Kier alpha value is -2.70. The third kappa shape index (κ3) is 3.55. The van der Waals surface area contributed by atoms with Gasteiger partial charge in [-0.25, -0.2) is 4.98 Å². The molecule has 1 aromatic carbocycles. The van der Waals surface area contributed by atoms with Gasteiger partial charge in [-0.3, -0.25) is 14.7 Å². The number of amides is 1. The van der Waals surface area contributed by atoms with Gasteiger partial charge in [0.05, 0.1) is 5.92 Å². The third-order valence-corrected chi connectivity index (χ3v) is 4.75. The zero-order chi connectivity index (χ0) is 18.0. The number of hydrogen-bond acceptors (Lipinski definition) is 4. The fraction of sp³-hybridized carbons (Fsp3) is 0.444. The SMILES string of the molecule is CCc1nc(-c2ccc(C(=O)N3CC(C(=O)O)CCC3C)cc2)n[nH]1. The molecule has 2 unspecified atom stereocenters. The molecule has 0 aliphatic carbocycles. The number of H-pyrrole nitrogens is 1. The lowest BCUT2D eigenvalue weighted by atomic mass is 9.93. The summed E-state index contributed by atoms with van der Waals surface area (Å²) in [7, 11) is 0. The van der Waals surface area contributed by atoms with E-state index in [0.717, 1.165) is 17.8 Å². The Bertz CT molecular complexity index is 769. The average Bonchev–Trinajstić information content (AvgIpc) is 3.10. The van der Waals surface area contributed by atoms with Crippen LogP contribution in [0.15, 0.2) is 24.3 Å². The molecular formula is C18H22N4O3. The maximum Gasteiger partial charge on any atom is 0.308 e. The molecule has 1 fully saturated rings. The first kappa shape index (κ1) is 17.1. The van der Waals surface area contributed by atoms with Gasteiger partial charge >= 0.3 is 5.97 Å². The molecule has 2 N–H and O–H groups in total. The highest BCUT2D eigenvalue weighted by atomic mass is 16.4. The Morgan fingerprint density at radius 1 is 1.28 bits per heavy atom. The Balaban J connectivity index is 1.76. The summed E-state index contributed by atoms with van der Waals surface area (Å²) in [5.74, 6) is -0.0316. The molecule has 2 atom stereocenters. The topological polar surface area (TPSA) is 99.2 Å². The standard InChI is InChI=1S/C18H22N4O3/c1-3-15-19-16(21-20-15)12-6-8-13(9-7-12)17(23)22-10-14(18(24)25)5-4-11(22)2/h6-9,11,14H,3-5,10H2,1-2H3,(H,24,25)(H,19,20,21). The molecule has 2 heterocycles. The lowest BCUT2D eigenvalue weighted by Gasteiger charge is -2.36. The minimum atomic E-state index is -0.837. The van der Waals surface area contributed by atoms with Crippen molar-refractivity contribution in [3.63, 3.8) is 0 Å². The number of carboxylic acids is 1. The number of nitrogens with zero attached hydrogens (tertiary/aromatic N) is 3. The second kappa shape index (κ2) is 7.04. The summed E-state index contributed by atoms with van der Waals surface area (Å²) >= 11 is 0. The number of carbonyl (C=O) groups is 2. The van der Waals surface area contributed by atoms with E-state index in [1.54, 1.807) is 17.0 Å². The number of aromatic nitrogens is 3. The summed E-state index contributed by atoms with van der Waals surface area (Å²) in [5, 5.41) is 16.3. The molecule has 1 amide bonds. The van der Waals surface area contributed by atoms with Crippen LogP contribution in [-0.4, -0.2) is 49.7 Å². The van der Waals surface area contributed by atoms with Gasteiger partial charge in [-0.2, -0.15) is 5.10 Å². The maximum atomic E-state index is 12.8. The van der Waals surface area contributed by atoms with E-state index in [0.29, 0.717) is 24.2 Å². The number of nitrogens with one attached hydrogen (secondary N) is 1. The number of piperidine rings is 1. The Kier molecular flexibility index (Phi) is 4.83. The highest BCUT2D eigenvalue weighted by molar-refractivity contribution is 5.95. The molecule has 132 valence electrons. The van der Waals surface area contributed by atoms with E-state index in [-0.39, 0.29) is 18.5 Å². The number of rotatable bonds is 4. The van der Waals surface area contributed by atoms with E-state index in [1.807, 2.05) is 26.0 Å². The molecule has 7 heteroatoms. The largest absolute Gasteiger partial charge is 0.481 e. The van der Waals surface area contributed by atoms with Crippen LogP contribution in [-0.2, 0) is 11.2 Å². The van der Waals surface area contributed by atoms with Crippen LogP contribution in [0.5, 0.6) is 0 Å². The predicted molar refractivity (Wildman–Crippen MR) is 92.1 cm³/mol. The monoisotopic (exact) mass is 342 g/mol. The second-order valence-corrected chi connectivity index (χ2v) is 6.46. The highest BCUT2D eigenvalue weighted by Crippen LogP contribution is 2.24. The van der Waals surface area contributed by atoms with Crippen LogP contribution in [0.2, 0.25) is 0 Å². The van der Waals surface area contributed by atoms with Crippen LogP contribution >= 0.6 is 0 Å². The van der Waals surface area contributed by atoms with Crippen molar-refractivity contribution in [3.8, 4) is 11.4 Å². The summed E-state index contributed by atoms with van der Waals surface area (Å²) < 4.78 is 0. The van der Waals surface area contributed by atoms with Gasteiger partial charge in [0.15, 0.2) is 5.82 Å². The molecule has 0 radical (unpaired) electrons. The second-order valence-electron chi connectivity index (χ2n) is 6.46. The van der Waals surface area contributed by atoms with Crippen molar-refractivity contribution in [1.29, 1.82) is 0 Å². The average molecular weight is 342 g/mol. The molecule has 1 saturated heterocycles. The quantitative estimate of drug-likeness (QED) is 0.888. The summed E-state index contributed by atoms with van der Waals surface area (Å²) in [6.45, 7) is 4.22. The molecule has 1 aliphatic heterocycles. The summed E-state index contributed by atoms with van der Waals surface area (Å²) in [6, 6.07) is 7.18. The summed E-state index contributed by atoms with van der Waals surface area (Å²) in [4.78, 5) is 30.1. The van der Waals surface area contributed by atoms with Crippen LogP contribution in [0.4, 0.5) is 0 Å². The Morgan fingerprint density at radius 2 is 2.00 bits per heavy atom. The van der Waals surface area contributed by atoms with Crippen LogP contribution in [0, 0.1) is 5.92 Å². The third-order valence-electron chi connectivity index (χ3n) is 4.75. The zero-order valence-corrected chi connectivity index (χ0v) is 14.4. The van der Waals surface area contributed by atoms with E-state index < -0.39 is 11.9 Å². The summed E-state index contributed by atoms with van der Waals surface area (Å²) in [5.41, 5.74) is 1.38. The molecule has 0 bridgehead atoms. The van der Waals surface area contributed by atoms with E-state index >= 15 is 0 Å². The Morgan fingerprint density at radius 3 is 2.60 bits per heavy atom. The fourth-order valence-electron chi connectivity index (χ4n) is 3.10. The van der Waals surface area contributed by atoms with Crippen molar-refractivity contribution in [3.05, 3.63) is 35.7 Å². The van der Waals surface area contributed by atoms with E-state index in [9.17, 15) is 14.7 Å². The Labute approximate surface area is 146 Å². The number of carboxylic acid groups (broad SMARTS) is 1. The first-order valence-electron chi connectivity index (χ1n) is 8.55. The van der Waals surface area contributed by atoms with Crippen LogP contribution in [0.25, 0.3) is 11.4 Å². The number of aromatic amines is 1. The molecule has 1 aliphatic rings. The van der Waals surface area contributed by atoms with Crippen molar-refractivity contribution in [2.45, 2.75) is 39.2 Å². The summed E-state index contributed by atoms with van der Waals surface area (Å²) in [6.07, 6.45) is 2.10. The minimum absolute atomic E-state index is 0.0443. The fourth-order valence-corrected chi connectivity index (χ4v) is 3.10. The first-order valence-corrected chi connectivity index (χ1v) is 8.55. The molecule has 0 spiro atoms. The molecule has 25 heavy (non-hydrogen) atoms. The molecule has 0 saturated carbocycles. The molecular weight excluding hydrogens is 320 g/mol. The number of aliphatic carboxylic acids is 1. The number of likely N-dealkylation sites (tertiary alicyclic amines) is 1. The van der Waals surface area contributed by atoms with Gasteiger partial charge in [0.2, 0.25) is 0 Å². The number of benzene rings is 1. The van der Waals surface area contributed by atoms with Crippen LogP contribution in [0.1, 0.15) is 42.9 Å².